The number of aryl methyl sites for hydroxylation is 1. The molecule has 2 amide bonds. The Morgan fingerprint density at radius 2 is 1.93 bits per heavy atom. The third-order valence-corrected chi connectivity index (χ3v) is 6.10. The number of carbonyl (C=O) groups excluding carboxylic acids is 2. The number of nitrogens with one attached hydrogen (secondary N) is 1. The molecule has 1 aromatic heterocycles. The third kappa shape index (κ3) is 4.19. The van der Waals surface area contributed by atoms with Crippen molar-refractivity contribution in [3.8, 4) is 0 Å². The molecule has 148 valence electrons. The van der Waals surface area contributed by atoms with Crippen LogP contribution in [0.4, 0.5) is 10.8 Å². The molecule has 0 saturated carbocycles. The number of rotatable bonds is 5. The molecule has 1 fully saturated rings. The van der Waals surface area contributed by atoms with E-state index in [4.69, 9.17) is 0 Å². The Labute approximate surface area is 173 Å². The molecule has 0 aliphatic carbocycles. The van der Waals surface area contributed by atoms with Crippen molar-refractivity contribution in [1.29, 1.82) is 0 Å². The lowest BCUT2D eigenvalue weighted by Crippen LogP contribution is -2.28. The molecular formula is C22H22N4O2S. The van der Waals surface area contributed by atoms with Gasteiger partial charge in [-0.2, -0.15) is 0 Å². The molecule has 29 heavy (non-hydrogen) atoms. The van der Waals surface area contributed by atoms with Crippen molar-refractivity contribution in [3.63, 3.8) is 0 Å². The van der Waals surface area contributed by atoms with Gasteiger partial charge in [-0.15, -0.1) is 10.2 Å². The van der Waals surface area contributed by atoms with Gasteiger partial charge < -0.3 is 10.2 Å². The van der Waals surface area contributed by atoms with Crippen molar-refractivity contribution in [1.82, 2.24) is 10.2 Å². The molecule has 2 aromatic carbocycles. The van der Waals surface area contributed by atoms with Gasteiger partial charge in [0.2, 0.25) is 16.9 Å². The van der Waals surface area contributed by atoms with Crippen LogP contribution in [0.5, 0.6) is 0 Å². The van der Waals surface area contributed by atoms with Crippen molar-refractivity contribution in [2.24, 2.45) is 5.92 Å². The molecular weight excluding hydrogens is 384 g/mol. The number of hydrogen-bond acceptors (Lipinski definition) is 5. The smallest absolute Gasteiger partial charge is 0.231 e. The van der Waals surface area contributed by atoms with E-state index >= 15 is 0 Å². The van der Waals surface area contributed by atoms with Crippen LogP contribution in [0.3, 0.4) is 0 Å². The van der Waals surface area contributed by atoms with E-state index < -0.39 is 5.92 Å². The molecule has 4 rings (SSSR count). The second kappa shape index (κ2) is 8.13. The minimum Gasteiger partial charge on any atom is -0.311 e. The van der Waals surface area contributed by atoms with Crippen LogP contribution < -0.4 is 10.2 Å². The van der Waals surface area contributed by atoms with Crippen LogP contribution in [0, 0.1) is 19.8 Å². The van der Waals surface area contributed by atoms with Crippen molar-refractivity contribution in [2.75, 3.05) is 16.8 Å². The number of aromatic nitrogens is 2. The summed E-state index contributed by atoms with van der Waals surface area (Å²) in [6.07, 6.45) is 0.881. The molecule has 3 aromatic rings. The highest BCUT2D eigenvalue weighted by atomic mass is 32.1. The zero-order valence-electron chi connectivity index (χ0n) is 16.4. The van der Waals surface area contributed by atoms with E-state index in [2.05, 4.69) is 15.5 Å². The van der Waals surface area contributed by atoms with E-state index in [0.29, 0.717) is 18.1 Å². The third-order valence-electron chi connectivity index (χ3n) is 5.26. The molecule has 6 nitrogen and oxygen atoms in total. The molecule has 0 unspecified atom stereocenters. The summed E-state index contributed by atoms with van der Waals surface area (Å²) < 4.78 is 0. The SMILES string of the molecule is Cc1cccc(N2C[C@H](C(=O)Nc3nnc(Cc4ccccc4)s3)CC2=O)c1C. The highest BCUT2D eigenvalue weighted by Crippen LogP contribution is 2.30. The standard InChI is InChI=1S/C22H22N4O2S/c1-14-7-6-10-18(15(14)2)26-13-17(12-20(26)27)21(28)23-22-25-24-19(29-22)11-16-8-4-3-5-9-16/h3-10,17H,11-13H2,1-2H3,(H,23,25,28)/t17-/m1/s1. The summed E-state index contributed by atoms with van der Waals surface area (Å²) in [5.41, 5.74) is 4.22. The Balaban J connectivity index is 1.41. The molecule has 1 saturated heterocycles. The van der Waals surface area contributed by atoms with E-state index in [-0.39, 0.29) is 18.2 Å². The van der Waals surface area contributed by atoms with Gasteiger partial charge in [0.15, 0.2) is 0 Å². The van der Waals surface area contributed by atoms with Gasteiger partial charge in [0.25, 0.3) is 0 Å². The highest BCUT2D eigenvalue weighted by molar-refractivity contribution is 7.15. The predicted molar refractivity (Wildman–Crippen MR) is 114 cm³/mol. The Hall–Kier alpha value is -3.06. The van der Waals surface area contributed by atoms with Crippen LogP contribution >= 0.6 is 11.3 Å². The van der Waals surface area contributed by atoms with E-state index in [1.165, 1.54) is 11.3 Å². The van der Waals surface area contributed by atoms with E-state index in [1.54, 1.807) is 4.90 Å². The first-order chi connectivity index (χ1) is 14.0. The summed E-state index contributed by atoms with van der Waals surface area (Å²) in [7, 11) is 0. The van der Waals surface area contributed by atoms with Crippen molar-refractivity contribution >= 4 is 34.0 Å². The Kier molecular flexibility index (Phi) is 5.40. The Morgan fingerprint density at radius 1 is 1.14 bits per heavy atom. The number of carbonyl (C=O) groups is 2. The van der Waals surface area contributed by atoms with Crippen LogP contribution in [0.25, 0.3) is 0 Å². The number of nitrogens with zero attached hydrogens (tertiary/aromatic N) is 3. The van der Waals surface area contributed by atoms with Gasteiger partial charge in [-0.1, -0.05) is 53.8 Å². The summed E-state index contributed by atoms with van der Waals surface area (Å²) in [4.78, 5) is 27.0. The summed E-state index contributed by atoms with van der Waals surface area (Å²) in [5.74, 6) is -0.613. The minimum atomic E-state index is -0.399. The van der Waals surface area contributed by atoms with Crippen molar-refractivity contribution in [2.45, 2.75) is 26.7 Å². The van der Waals surface area contributed by atoms with Crippen LogP contribution in [-0.4, -0.2) is 28.6 Å². The molecule has 0 spiro atoms. The van der Waals surface area contributed by atoms with Crippen LogP contribution in [0.15, 0.2) is 48.5 Å². The zero-order valence-corrected chi connectivity index (χ0v) is 17.2. The van der Waals surface area contributed by atoms with Crippen LogP contribution in [0.1, 0.15) is 28.1 Å². The van der Waals surface area contributed by atoms with E-state index in [9.17, 15) is 9.59 Å². The largest absolute Gasteiger partial charge is 0.311 e. The lowest BCUT2D eigenvalue weighted by atomic mass is 10.1. The molecule has 2 heterocycles. The fraction of sp³-hybridized carbons (Fsp3) is 0.273. The number of hydrogen-bond donors (Lipinski definition) is 1. The lowest BCUT2D eigenvalue weighted by molar-refractivity contribution is -0.122. The van der Waals surface area contributed by atoms with E-state index in [0.717, 1.165) is 27.4 Å². The predicted octanol–water partition coefficient (Wildman–Crippen LogP) is 3.74. The molecule has 1 aliphatic rings. The quantitative estimate of drug-likeness (QED) is 0.700. The second-order valence-corrected chi connectivity index (χ2v) is 8.34. The van der Waals surface area contributed by atoms with Gasteiger partial charge in [0.05, 0.1) is 5.92 Å². The molecule has 0 bridgehead atoms. The maximum Gasteiger partial charge on any atom is 0.231 e. The molecule has 0 radical (unpaired) electrons. The summed E-state index contributed by atoms with van der Waals surface area (Å²) in [6, 6.07) is 15.9. The maximum absolute atomic E-state index is 12.7. The summed E-state index contributed by atoms with van der Waals surface area (Å²) >= 11 is 1.36. The van der Waals surface area contributed by atoms with Gasteiger partial charge in [-0.05, 0) is 36.6 Å². The topological polar surface area (TPSA) is 75.2 Å². The monoisotopic (exact) mass is 406 g/mol. The van der Waals surface area contributed by atoms with Crippen LogP contribution in [0.2, 0.25) is 0 Å². The molecule has 1 atom stereocenters. The van der Waals surface area contributed by atoms with Gasteiger partial charge in [0.1, 0.15) is 5.01 Å². The normalized spacial score (nSPS) is 16.3. The first-order valence-corrected chi connectivity index (χ1v) is 10.4. The van der Waals surface area contributed by atoms with Crippen molar-refractivity contribution < 1.29 is 9.59 Å². The second-order valence-electron chi connectivity index (χ2n) is 7.28. The number of amides is 2. The Bertz CT molecular complexity index is 1050. The summed E-state index contributed by atoms with van der Waals surface area (Å²) in [6.45, 7) is 4.40. The molecule has 1 N–H and O–H groups in total. The first kappa shape index (κ1) is 19.3. The van der Waals surface area contributed by atoms with Crippen molar-refractivity contribution in [3.05, 3.63) is 70.2 Å². The lowest BCUT2D eigenvalue weighted by Gasteiger charge is -2.20. The van der Waals surface area contributed by atoms with Gasteiger partial charge >= 0.3 is 0 Å². The zero-order chi connectivity index (χ0) is 20.4. The molecule has 7 heteroatoms. The highest BCUT2D eigenvalue weighted by Gasteiger charge is 2.36. The fourth-order valence-electron chi connectivity index (χ4n) is 3.50. The van der Waals surface area contributed by atoms with E-state index in [1.807, 2.05) is 62.4 Å². The fourth-order valence-corrected chi connectivity index (χ4v) is 4.27. The molecule has 1 aliphatic heterocycles. The summed E-state index contributed by atoms with van der Waals surface area (Å²) in [5, 5.41) is 12.4. The maximum atomic E-state index is 12.7. The van der Waals surface area contributed by atoms with Gasteiger partial charge in [0, 0.05) is 25.1 Å². The minimum absolute atomic E-state index is 0.0270. The van der Waals surface area contributed by atoms with Gasteiger partial charge in [-0.25, -0.2) is 0 Å². The Morgan fingerprint density at radius 3 is 2.72 bits per heavy atom. The first-order valence-electron chi connectivity index (χ1n) is 9.55. The van der Waals surface area contributed by atoms with Gasteiger partial charge in [-0.3, -0.25) is 9.59 Å². The average molecular weight is 407 g/mol. The number of anilines is 2. The average Bonchev–Trinajstić information content (AvgIpc) is 3.31. The number of benzene rings is 2. The van der Waals surface area contributed by atoms with Crippen LogP contribution in [-0.2, 0) is 16.0 Å².